The van der Waals surface area contributed by atoms with Crippen LogP contribution < -0.4 is 10.9 Å². The number of fused-ring (bicyclic) bond motifs is 1. The van der Waals surface area contributed by atoms with E-state index in [1.165, 1.54) is 24.6 Å². The number of thiazole rings is 1. The number of ether oxygens (including phenoxy) is 1. The van der Waals surface area contributed by atoms with Crippen LogP contribution in [0.2, 0.25) is 0 Å². The van der Waals surface area contributed by atoms with Crippen LogP contribution in [-0.4, -0.2) is 18.1 Å². The van der Waals surface area contributed by atoms with E-state index in [0.29, 0.717) is 38.7 Å². The van der Waals surface area contributed by atoms with E-state index in [1.54, 1.807) is 47.8 Å². The SMILES string of the molecule is COC(=O)c1ccc(NC=C(C#N)c2nc(-c3cc4cc(Br)ccc4oc3=O)cs2)cc1. The summed E-state index contributed by atoms with van der Waals surface area (Å²) in [5.74, 6) is -0.425. The van der Waals surface area contributed by atoms with Crippen LogP contribution in [0.3, 0.4) is 0 Å². The third-order valence-electron chi connectivity index (χ3n) is 4.51. The number of anilines is 1. The molecule has 0 saturated carbocycles. The molecule has 0 spiro atoms. The van der Waals surface area contributed by atoms with E-state index in [-0.39, 0.29) is 0 Å². The molecule has 0 aliphatic heterocycles. The Hall–Kier alpha value is -3.74. The average molecular weight is 508 g/mol. The standard InChI is InChI=1S/C23H14BrN3O4S/c1-30-22(28)13-2-5-17(6-3-13)26-11-15(10-25)21-27-19(12-32-21)18-9-14-8-16(24)4-7-20(14)31-23(18)29/h2-9,11-12,26H,1H3. The van der Waals surface area contributed by atoms with Gasteiger partial charge < -0.3 is 14.5 Å². The first-order chi connectivity index (χ1) is 15.5. The lowest BCUT2D eigenvalue weighted by Crippen LogP contribution is -2.03. The summed E-state index contributed by atoms with van der Waals surface area (Å²) in [6.45, 7) is 0. The molecule has 4 rings (SSSR count). The summed E-state index contributed by atoms with van der Waals surface area (Å²) in [5.41, 5.74) is 2.15. The van der Waals surface area contributed by atoms with Crippen molar-refractivity contribution in [3.63, 3.8) is 0 Å². The summed E-state index contributed by atoms with van der Waals surface area (Å²) in [4.78, 5) is 28.4. The molecule has 2 aromatic carbocycles. The van der Waals surface area contributed by atoms with Crippen molar-refractivity contribution in [1.29, 1.82) is 5.26 Å². The van der Waals surface area contributed by atoms with E-state index in [1.807, 2.05) is 6.07 Å². The molecule has 0 saturated heterocycles. The predicted molar refractivity (Wildman–Crippen MR) is 126 cm³/mol. The zero-order chi connectivity index (χ0) is 22.7. The normalized spacial score (nSPS) is 11.2. The maximum absolute atomic E-state index is 12.4. The van der Waals surface area contributed by atoms with Crippen LogP contribution in [0, 0.1) is 11.3 Å². The minimum Gasteiger partial charge on any atom is -0.465 e. The molecule has 0 amide bonds. The van der Waals surface area contributed by atoms with Crippen molar-refractivity contribution in [3.8, 4) is 17.3 Å². The third kappa shape index (κ3) is 4.46. The summed E-state index contributed by atoms with van der Waals surface area (Å²) < 4.78 is 10.9. The number of nitriles is 1. The Bertz CT molecular complexity index is 1450. The number of nitrogens with one attached hydrogen (secondary N) is 1. The van der Waals surface area contributed by atoms with E-state index in [9.17, 15) is 14.9 Å². The molecule has 0 radical (unpaired) electrons. The van der Waals surface area contributed by atoms with Crippen LogP contribution in [0.1, 0.15) is 15.4 Å². The quantitative estimate of drug-likeness (QED) is 0.217. The first-order valence-corrected chi connectivity index (χ1v) is 10.9. The summed E-state index contributed by atoms with van der Waals surface area (Å²) in [6.07, 6.45) is 1.52. The molecular formula is C23H14BrN3O4S. The molecular weight excluding hydrogens is 494 g/mol. The molecule has 0 bridgehead atoms. The Morgan fingerprint density at radius 3 is 2.75 bits per heavy atom. The molecule has 0 aliphatic rings. The molecule has 32 heavy (non-hydrogen) atoms. The van der Waals surface area contributed by atoms with Gasteiger partial charge in [0.2, 0.25) is 0 Å². The van der Waals surface area contributed by atoms with Crippen molar-refractivity contribution < 1.29 is 13.9 Å². The fraction of sp³-hybridized carbons (Fsp3) is 0.0435. The minimum atomic E-state index is -0.497. The number of benzene rings is 2. The minimum absolute atomic E-state index is 0.297. The monoisotopic (exact) mass is 507 g/mol. The van der Waals surface area contributed by atoms with Gasteiger partial charge in [-0.15, -0.1) is 11.3 Å². The van der Waals surface area contributed by atoms with Crippen molar-refractivity contribution in [3.05, 3.63) is 85.6 Å². The van der Waals surface area contributed by atoms with Gasteiger partial charge >= 0.3 is 11.6 Å². The summed E-state index contributed by atoms with van der Waals surface area (Å²) in [7, 11) is 1.32. The topological polar surface area (TPSA) is 105 Å². The zero-order valence-corrected chi connectivity index (χ0v) is 19.0. The number of allylic oxidation sites excluding steroid dienone is 1. The number of nitrogens with zero attached hydrogens (tertiary/aromatic N) is 2. The Morgan fingerprint density at radius 2 is 2.03 bits per heavy atom. The smallest absolute Gasteiger partial charge is 0.345 e. The number of carbonyl (C=O) groups is 1. The highest BCUT2D eigenvalue weighted by Crippen LogP contribution is 2.27. The largest absolute Gasteiger partial charge is 0.465 e. The number of esters is 1. The average Bonchev–Trinajstić information content (AvgIpc) is 3.29. The molecule has 7 nitrogen and oxygen atoms in total. The van der Waals surface area contributed by atoms with Gasteiger partial charge in [0.15, 0.2) is 0 Å². The second-order valence-electron chi connectivity index (χ2n) is 6.55. The van der Waals surface area contributed by atoms with E-state index in [0.717, 1.165) is 9.86 Å². The van der Waals surface area contributed by atoms with E-state index in [2.05, 4.69) is 37.0 Å². The lowest BCUT2D eigenvalue weighted by Gasteiger charge is -2.03. The lowest BCUT2D eigenvalue weighted by atomic mass is 10.1. The van der Waals surface area contributed by atoms with Crippen LogP contribution in [-0.2, 0) is 4.74 Å². The van der Waals surface area contributed by atoms with Crippen LogP contribution in [0.5, 0.6) is 0 Å². The Balaban J connectivity index is 1.60. The van der Waals surface area contributed by atoms with Crippen molar-refractivity contribution in [2.45, 2.75) is 0 Å². The fourth-order valence-corrected chi connectivity index (χ4v) is 4.08. The van der Waals surface area contributed by atoms with Crippen LogP contribution >= 0.6 is 27.3 Å². The van der Waals surface area contributed by atoms with Gasteiger partial charge in [-0.05, 0) is 48.5 Å². The van der Waals surface area contributed by atoms with Crippen molar-refractivity contribution >= 4 is 55.5 Å². The number of aromatic nitrogens is 1. The fourth-order valence-electron chi connectivity index (χ4n) is 2.91. The molecule has 2 heterocycles. The summed E-state index contributed by atoms with van der Waals surface area (Å²) in [6, 6.07) is 15.8. The molecule has 0 fully saturated rings. The summed E-state index contributed by atoms with van der Waals surface area (Å²) in [5, 5.41) is 15.5. The molecule has 0 aliphatic carbocycles. The predicted octanol–water partition coefficient (Wildman–Crippen LogP) is 5.44. The van der Waals surface area contributed by atoms with E-state index < -0.39 is 11.6 Å². The first-order valence-electron chi connectivity index (χ1n) is 9.23. The van der Waals surface area contributed by atoms with Gasteiger partial charge in [0.05, 0.1) is 23.9 Å². The Kier molecular flexibility index (Phi) is 6.16. The van der Waals surface area contributed by atoms with Crippen LogP contribution in [0.4, 0.5) is 5.69 Å². The van der Waals surface area contributed by atoms with Gasteiger partial charge in [0.1, 0.15) is 22.2 Å². The van der Waals surface area contributed by atoms with E-state index in [4.69, 9.17) is 4.42 Å². The van der Waals surface area contributed by atoms with Crippen molar-refractivity contribution in [2.24, 2.45) is 0 Å². The number of methoxy groups -OCH3 is 1. The first kappa shape index (κ1) is 21.5. The second kappa shape index (κ2) is 9.18. The molecule has 2 aromatic heterocycles. The number of rotatable bonds is 5. The van der Waals surface area contributed by atoms with E-state index >= 15 is 0 Å². The number of hydrogen-bond acceptors (Lipinski definition) is 8. The van der Waals surface area contributed by atoms with Crippen molar-refractivity contribution in [1.82, 2.24) is 4.98 Å². The van der Waals surface area contributed by atoms with Gasteiger partial charge in [-0.2, -0.15) is 5.26 Å². The van der Waals surface area contributed by atoms with Gasteiger partial charge in [-0.1, -0.05) is 15.9 Å². The maximum atomic E-state index is 12.4. The number of halogens is 1. The molecule has 1 N–H and O–H groups in total. The van der Waals surface area contributed by atoms with Crippen molar-refractivity contribution in [2.75, 3.05) is 12.4 Å². The second-order valence-corrected chi connectivity index (χ2v) is 8.32. The van der Waals surface area contributed by atoms with Gasteiger partial charge in [0.25, 0.3) is 0 Å². The lowest BCUT2D eigenvalue weighted by molar-refractivity contribution is 0.0601. The molecule has 0 atom stereocenters. The van der Waals surface area contributed by atoms with Crippen LogP contribution in [0.15, 0.2) is 73.8 Å². The zero-order valence-electron chi connectivity index (χ0n) is 16.6. The molecule has 0 unspecified atom stereocenters. The van der Waals surface area contributed by atoms with Crippen LogP contribution in [0.25, 0.3) is 27.8 Å². The Labute approximate surface area is 194 Å². The van der Waals surface area contributed by atoms with Gasteiger partial charge in [-0.25, -0.2) is 14.6 Å². The third-order valence-corrected chi connectivity index (χ3v) is 5.88. The number of hydrogen-bond donors (Lipinski definition) is 1. The van der Waals surface area contributed by atoms with Gasteiger partial charge in [0, 0.05) is 27.1 Å². The molecule has 158 valence electrons. The number of carbonyl (C=O) groups excluding carboxylic acids is 1. The van der Waals surface area contributed by atoms with Gasteiger partial charge in [-0.3, -0.25) is 0 Å². The summed E-state index contributed by atoms with van der Waals surface area (Å²) >= 11 is 4.65. The highest BCUT2D eigenvalue weighted by atomic mass is 79.9. The Morgan fingerprint density at radius 1 is 1.25 bits per heavy atom. The maximum Gasteiger partial charge on any atom is 0.345 e. The highest BCUT2D eigenvalue weighted by Gasteiger charge is 2.14. The highest BCUT2D eigenvalue weighted by molar-refractivity contribution is 9.10. The molecule has 4 aromatic rings. The molecule has 9 heteroatoms.